The third-order valence-corrected chi connectivity index (χ3v) is 12.0. The summed E-state index contributed by atoms with van der Waals surface area (Å²) in [6.45, 7) is 6.39. The van der Waals surface area contributed by atoms with E-state index in [-0.39, 0.29) is 17.2 Å². The molecule has 0 aliphatic carbocycles. The maximum atomic E-state index is 13.5. The number of hydrogen-bond donors (Lipinski definition) is 0. The Hall–Kier alpha value is -7.54. The highest BCUT2D eigenvalue weighted by Gasteiger charge is 2.24. The Bertz CT molecular complexity index is 2800. The quantitative estimate of drug-likeness (QED) is 0.0517. The Morgan fingerprint density at radius 1 is 0.477 bits per heavy atom. The van der Waals surface area contributed by atoms with Gasteiger partial charge < -0.3 is 19.3 Å². The lowest BCUT2D eigenvalue weighted by Gasteiger charge is -2.26. The standard InChI is InChI=1S/C59H54N2O4/c1-43(62)65-57-37-29-50(30-38-57)59(2,3)49-27-21-48(22-28-49)58(63)39-20-45-12-11-17-56(42-45)61(52-15-9-6-10-16-52)55-35-25-47(26-36-55)46-23-33-54(34-24-46)60(51-13-7-5-8-14-51)53-31-18-44(19-32-53)40-41-64-4/h5-19,21-38,42H,20,39-41H2,1-4H3. The van der Waals surface area contributed by atoms with Crippen LogP contribution < -0.4 is 14.5 Å². The van der Waals surface area contributed by atoms with Crippen LogP contribution in [0.5, 0.6) is 5.75 Å². The number of benzene rings is 8. The molecule has 0 spiro atoms. The van der Waals surface area contributed by atoms with E-state index in [0.29, 0.717) is 30.8 Å². The molecule has 0 heterocycles. The zero-order valence-corrected chi connectivity index (χ0v) is 37.5. The highest BCUT2D eigenvalue weighted by Crippen LogP contribution is 2.39. The highest BCUT2D eigenvalue weighted by atomic mass is 16.5. The zero-order chi connectivity index (χ0) is 45.2. The van der Waals surface area contributed by atoms with Crippen molar-refractivity contribution in [2.24, 2.45) is 0 Å². The predicted molar refractivity (Wildman–Crippen MR) is 266 cm³/mol. The van der Waals surface area contributed by atoms with Crippen LogP contribution in [0.2, 0.25) is 0 Å². The molecule has 0 saturated carbocycles. The van der Waals surface area contributed by atoms with E-state index in [2.05, 4.69) is 169 Å². The Kier molecular flexibility index (Phi) is 13.8. The third kappa shape index (κ3) is 10.6. The van der Waals surface area contributed by atoms with Gasteiger partial charge >= 0.3 is 5.97 Å². The van der Waals surface area contributed by atoms with Crippen molar-refractivity contribution in [3.63, 3.8) is 0 Å². The molecule has 0 aliphatic rings. The fourth-order valence-corrected chi connectivity index (χ4v) is 8.28. The molecule has 0 radical (unpaired) electrons. The third-order valence-electron chi connectivity index (χ3n) is 12.0. The summed E-state index contributed by atoms with van der Waals surface area (Å²) >= 11 is 0. The number of methoxy groups -OCH3 is 1. The number of para-hydroxylation sites is 2. The monoisotopic (exact) mass is 854 g/mol. The Balaban J connectivity index is 0.967. The number of nitrogens with zero attached hydrogens (tertiary/aromatic N) is 2. The molecule has 8 rings (SSSR count). The van der Waals surface area contributed by atoms with Crippen LogP contribution in [0.3, 0.4) is 0 Å². The fraction of sp³-hybridized carbons (Fsp3) is 0.153. The molecule has 0 aliphatic heterocycles. The second kappa shape index (κ2) is 20.3. The van der Waals surface area contributed by atoms with Gasteiger partial charge in [0.05, 0.1) is 6.61 Å². The molecule has 324 valence electrons. The molecule has 0 unspecified atom stereocenters. The molecule has 0 amide bonds. The molecule has 8 aromatic rings. The van der Waals surface area contributed by atoms with Crippen LogP contribution in [0.25, 0.3) is 11.1 Å². The topological polar surface area (TPSA) is 59.1 Å². The van der Waals surface area contributed by atoms with Gasteiger partial charge in [-0.05, 0) is 131 Å². The summed E-state index contributed by atoms with van der Waals surface area (Å²) in [6, 6.07) is 71.1. The van der Waals surface area contributed by atoms with Crippen LogP contribution in [0.15, 0.2) is 206 Å². The van der Waals surface area contributed by atoms with Crippen LogP contribution in [0, 0.1) is 0 Å². The first-order valence-electron chi connectivity index (χ1n) is 22.2. The van der Waals surface area contributed by atoms with Crippen LogP contribution >= 0.6 is 0 Å². The maximum absolute atomic E-state index is 13.5. The summed E-state index contributed by atoms with van der Waals surface area (Å²) in [5.41, 5.74) is 13.6. The minimum Gasteiger partial charge on any atom is -0.427 e. The Morgan fingerprint density at radius 3 is 1.45 bits per heavy atom. The van der Waals surface area contributed by atoms with Crippen LogP contribution in [0.4, 0.5) is 34.1 Å². The van der Waals surface area contributed by atoms with Crippen molar-refractivity contribution in [3.8, 4) is 16.9 Å². The normalized spacial score (nSPS) is 11.2. The molecule has 0 saturated heterocycles. The summed E-state index contributed by atoms with van der Waals surface area (Å²) in [5.74, 6) is 0.283. The van der Waals surface area contributed by atoms with Gasteiger partial charge in [0.15, 0.2) is 5.78 Å². The number of anilines is 6. The zero-order valence-electron chi connectivity index (χ0n) is 37.5. The van der Waals surface area contributed by atoms with Crippen molar-refractivity contribution in [1.29, 1.82) is 0 Å². The summed E-state index contributed by atoms with van der Waals surface area (Å²) in [4.78, 5) is 29.5. The largest absolute Gasteiger partial charge is 0.427 e. The summed E-state index contributed by atoms with van der Waals surface area (Å²) in [6.07, 6.45) is 1.89. The minimum atomic E-state index is -0.344. The summed E-state index contributed by atoms with van der Waals surface area (Å²) < 4.78 is 10.5. The van der Waals surface area contributed by atoms with Gasteiger partial charge in [-0.1, -0.05) is 135 Å². The van der Waals surface area contributed by atoms with Gasteiger partial charge in [0.25, 0.3) is 0 Å². The Morgan fingerprint density at radius 2 is 0.938 bits per heavy atom. The fourth-order valence-electron chi connectivity index (χ4n) is 8.28. The van der Waals surface area contributed by atoms with E-state index in [1.807, 2.05) is 60.7 Å². The van der Waals surface area contributed by atoms with Gasteiger partial charge in [0.1, 0.15) is 5.75 Å². The number of aryl methyl sites for hydroxylation is 1. The second-order valence-corrected chi connectivity index (χ2v) is 16.8. The number of rotatable bonds is 17. The van der Waals surface area contributed by atoms with Crippen LogP contribution in [-0.4, -0.2) is 25.5 Å². The number of ketones is 1. The first kappa shape index (κ1) is 44.1. The first-order chi connectivity index (χ1) is 31.7. The summed E-state index contributed by atoms with van der Waals surface area (Å²) in [7, 11) is 1.74. The number of esters is 1. The highest BCUT2D eigenvalue weighted by molar-refractivity contribution is 5.96. The number of carbonyl (C=O) groups excluding carboxylic acids is 2. The molecule has 65 heavy (non-hydrogen) atoms. The van der Waals surface area contributed by atoms with Crippen molar-refractivity contribution in [3.05, 3.63) is 234 Å². The molecule has 6 nitrogen and oxygen atoms in total. The van der Waals surface area contributed by atoms with E-state index < -0.39 is 0 Å². The van der Waals surface area contributed by atoms with E-state index in [4.69, 9.17) is 9.47 Å². The predicted octanol–water partition coefficient (Wildman–Crippen LogP) is 14.5. The molecule has 0 fully saturated rings. The maximum Gasteiger partial charge on any atom is 0.308 e. The number of Topliss-reactive ketones (excluding diaryl/α,β-unsaturated/α-hetero) is 1. The van der Waals surface area contributed by atoms with Crippen LogP contribution in [-0.2, 0) is 27.8 Å². The van der Waals surface area contributed by atoms with E-state index in [1.165, 1.54) is 12.5 Å². The van der Waals surface area contributed by atoms with E-state index >= 15 is 0 Å². The van der Waals surface area contributed by atoms with Crippen molar-refractivity contribution in [1.82, 2.24) is 0 Å². The number of hydrogen-bond acceptors (Lipinski definition) is 6. The Labute approximate surface area is 383 Å². The second-order valence-electron chi connectivity index (χ2n) is 16.8. The summed E-state index contributed by atoms with van der Waals surface area (Å²) in [5, 5.41) is 0. The van der Waals surface area contributed by atoms with Gasteiger partial charge in [-0.25, -0.2) is 0 Å². The van der Waals surface area contributed by atoms with E-state index in [1.54, 1.807) is 7.11 Å². The van der Waals surface area contributed by atoms with E-state index in [0.717, 1.165) is 68.4 Å². The number of carbonyl (C=O) groups is 2. The first-order valence-corrected chi connectivity index (χ1v) is 22.2. The average molecular weight is 855 g/mol. The van der Waals surface area contributed by atoms with Gasteiger partial charge in [-0.15, -0.1) is 0 Å². The van der Waals surface area contributed by atoms with Crippen molar-refractivity contribution < 1.29 is 19.1 Å². The van der Waals surface area contributed by atoms with Crippen molar-refractivity contribution in [2.75, 3.05) is 23.5 Å². The van der Waals surface area contributed by atoms with Gasteiger partial charge in [0.2, 0.25) is 0 Å². The lowest BCUT2D eigenvalue weighted by Crippen LogP contribution is -2.19. The van der Waals surface area contributed by atoms with Gasteiger partial charge in [-0.2, -0.15) is 0 Å². The molecular weight excluding hydrogens is 801 g/mol. The number of ether oxygens (including phenoxy) is 2. The molecule has 8 aromatic carbocycles. The molecule has 0 bridgehead atoms. The lowest BCUT2D eigenvalue weighted by molar-refractivity contribution is -0.131. The molecule has 0 N–H and O–H groups in total. The molecule has 0 atom stereocenters. The van der Waals surface area contributed by atoms with E-state index in [9.17, 15) is 9.59 Å². The minimum absolute atomic E-state index is 0.106. The SMILES string of the molecule is COCCc1ccc(N(c2ccccc2)c2ccc(-c3ccc(N(c4ccccc4)c4cccc(CCC(=O)c5ccc(C(C)(C)c6ccc(OC(C)=O)cc6)cc5)c4)cc3)cc2)cc1. The van der Waals surface area contributed by atoms with Gasteiger partial charge in [0, 0.05) is 65.6 Å². The molecule has 6 heteroatoms. The van der Waals surface area contributed by atoms with Crippen LogP contribution in [0.1, 0.15) is 59.8 Å². The smallest absolute Gasteiger partial charge is 0.308 e. The van der Waals surface area contributed by atoms with Gasteiger partial charge in [-0.3, -0.25) is 9.59 Å². The average Bonchev–Trinajstić information content (AvgIpc) is 3.34. The molecular formula is C59H54N2O4. The van der Waals surface area contributed by atoms with Crippen molar-refractivity contribution in [2.45, 2.75) is 45.4 Å². The molecule has 0 aromatic heterocycles. The lowest BCUT2D eigenvalue weighted by atomic mass is 9.78. The van der Waals surface area contributed by atoms with Crippen molar-refractivity contribution >= 4 is 45.9 Å².